The number of nitrogen functional groups attached to an aromatic ring is 1. The molecule has 0 saturated carbocycles. The maximum Gasteiger partial charge on any atom is 0.182 e. The zero-order valence-corrected chi connectivity index (χ0v) is 13.1. The fraction of sp³-hybridized carbons (Fsp3) is 0.235. The minimum absolute atomic E-state index is 0.573. The first-order chi connectivity index (χ1) is 11.8. The minimum atomic E-state index is 0.573. The molecule has 1 aliphatic rings. The number of nitrogens with one attached hydrogen (secondary N) is 1. The summed E-state index contributed by atoms with van der Waals surface area (Å²) in [5, 5.41) is 12.1. The number of benzene rings is 1. The molecule has 24 heavy (non-hydrogen) atoms. The lowest BCUT2D eigenvalue weighted by Crippen LogP contribution is -2.37. The number of ether oxygens (including phenoxy) is 1. The lowest BCUT2D eigenvalue weighted by Gasteiger charge is -2.28. The van der Waals surface area contributed by atoms with E-state index in [0.717, 1.165) is 30.0 Å². The second kappa shape index (κ2) is 5.93. The van der Waals surface area contributed by atoms with Crippen LogP contribution in [0.3, 0.4) is 0 Å². The quantitative estimate of drug-likeness (QED) is 0.567. The van der Waals surface area contributed by atoms with Gasteiger partial charge >= 0.3 is 0 Å². The molecular formula is C17H18N6O. The maximum atomic E-state index is 7.48. The van der Waals surface area contributed by atoms with E-state index >= 15 is 0 Å². The summed E-state index contributed by atoms with van der Waals surface area (Å²) in [6, 6.07) is 9.49. The van der Waals surface area contributed by atoms with Crippen LogP contribution in [-0.2, 0) is 4.74 Å². The molecule has 122 valence electrons. The number of hydrogen-bond donors (Lipinski definition) is 2. The number of rotatable bonds is 3. The molecule has 0 spiro atoms. The lowest BCUT2D eigenvalue weighted by atomic mass is 10.1. The number of anilines is 2. The van der Waals surface area contributed by atoms with Gasteiger partial charge in [0.15, 0.2) is 11.6 Å². The third kappa shape index (κ3) is 2.48. The molecule has 0 unspecified atom stereocenters. The summed E-state index contributed by atoms with van der Waals surface area (Å²) in [6.45, 7) is 3.02. The monoisotopic (exact) mass is 322 g/mol. The van der Waals surface area contributed by atoms with E-state index in [-0.39, 0.29) is 0 Å². The van der Waals surface area contributed by atoms with Gasteiger partial charge in [0, 0.05) is 42.3 Å². The number of fused-ring (bicyclic) bond motifs is 1. The molecule has 2 aromatic heterocycles. The topological polar surface area (TPSA) is 92.5 Å². The second-order valence-corrected chi connectivity index (χ2v) is 5.68. The molecule has 1 aliphatic heterocycles. The summed E-state index contributed by atoms with van der Waals surface area (Å²) in [5.74, 6) is 1.52. The van der Waals surface area contributed by atoms with Gasteiger partial charge in [-0.25, -0.2) is 9.50 Å². The number of nitrogens with zero attached hydrogens (tertiary/aromatic N) is 4. The summed E-state index contributed by atoms with van der Waals surface area (Å²) in [6.07, 6.45) is 3.16. The van der Waals surface area contributed by atoms with Crippen LogP contribution in [-0.4, -0.2) is 47.1 Å². The molecule has 1 aromatic carbocycles. The van der Waals surface area contributed by atoms with Crippen molar-refractivity contribution in [3.8, 4) is 11.4 Å². The van der Waals surface area contributed by atoms with Gasteiger partial charge in [0.2, 0.25) is 0 Å². The molecule has 7 heteroatoms. The summed E-state index contributed by atoms with van der Waals surface area (Å²) in [4.78, 5) is 7.02. The summed E-state index contributed by atoms with van der Waals surface area (Å²) in [5.41, 5.74) is 8.93. The Morgan fingerprint density at radius 2 is 2.04 bits per heavy atom. The number of nitrogens with two attached hydrogens (primary N) is 1. The molecule has 3 heterocycles. The fourth-order valence-electron chi connectivity index (χ4n) is 2.89. The molecule has 1 fully saturated rings. The van der Waals surface area contributed by atoms with Gasteiger partial charge in [-0.15, -0.1) is 5.10 Å². The van der Waals surface area contributed by atoms with Crippen LogP contribution in [0.5, 0.6) is 0 Å². The predicted molar refractivity (Wildman–Crippen MR) is 93.8 cm³/mol. The molecule has 3 N–H and O–H groups in total. The van der Waals surface area contributed by atoms with Crippen LogP contribution in [0.25, 0.3) is 16.9 Å². The van der Waals surface area contributed by atoms with E-state index in [1.165, 1.54) is 6.21 Å². The van der Waals surface area contributed by atoms with E-state index in [9.17, 15) is 0 Å². The van der Waals surface area contributed by atoms with Crippen molar-refractivity contribution in [3.63, 3.8) is 0 Å². The van der Waals surface area contributed by atoms with Crippen molar-refractivity contribution in [3.05, 3.63) is 42.1 Å². The summed E-state index contributed by atoms with van der Waals surface area (Å²) < 4.78 is 7.28. The van der Waals surface area contributed by atoms with Gasteiger partial charge in [0.05, 0.1) is 13.2 Å². The molecule has 0 amide bonds. The van der Waals surface area contributed by atoms with Gasteiger partial charge in [-0.05, 0) is 30.3 Å². The Bertz CT molecular complexity index is 897. The van der Waals surface area contributed by atoms with Crippen LogP contribution in [0.4, 0.5) is 11.5 Å². The van der Waals surface area contributed by atoms with Crippen LogP contribution in [0.1, 0.15) is 5.56 Å². The van der Waals surface area contributed by atoms with Crippen molar-refractivity contribution in [1.82, 2.24) is 14.6 Å². The highest BCUT2D eigenvalue weighted by Crippen LogP contribution is 2.26. The Balaban J connectivity index is 1.85. The average molecular weight is 322 g/mol. The zero-order valence-electron chi connectivity index (χ0n) is 13.1. The van der Waals surface area contributed by atoms with E-state index in [2.05, 4.69) is 10.00 Å². The Morgan fingerprint density at radius 1 is 1.21 bits per heavy atom. The van der Waals surface area contributed by atoms with Crippen LogP contribution in [0.2, 0.25) is 0 Å². The van der Waals surface area contributed by atoms with Crippen LogP contribution in [0.15, 0.2) is 36.5 Å². The van der Waals surface area contributed by atoms with Crippen molar-refractivity contribution >= 4 is 23.2 Å². The molecule has 7 nitrogen and oxygen atoms in total. The number of morpholine rings is 1. The van der Waals surface area contributed by atoms with Crippen molar-refractivity contribution in [2.75, 3.05) is 36.9 Å². The third-order valence-corrected chi connectivity index (χ3v) is 4.18. The first-order valence-electron chi connectivity index (χ1n) is 7.85. The Kier molecular flexibility index (Phi) is 3.62. The van der Waals surface area contributed by atoms with E-state index in [1.807, 2.05) is 35.0 Å². The van der Waals surface area contributed by atoms with Crippen LogP contribution in [0, 0.1) is 5.41 Å². The SMILES string of the molecule is N=Cc1cc(-c2nc(N3CCOCC3)c3cccn3n2)ccc1N. The van der Waals surface area contributed by atoms with Crippen molar-refractivity contribution in [1.29, 1.82) is 5.41 Å². The van der Waals surface area contributed by atoms with Gasteiger partial charge in [-0.2, -0.15) is 0 Å². The van der Waals surface area contributed by atoms with Crippen LogP contribution < -0.4 is 10.6 Å². The first kappa shape index (κ1) is 14.6. The Morgan fingerprint density at radius 3 is 2.83 bits per heavy atom. The second-order valence-electron chi connectivity index (χ2n) is 5.68. The van der Waals surface area contributed by atoms with E-state index < -0.39 is 0 Å². The molecule has 0 bridgehead atoms. The first-order valence-corrected chi connectivity index (χ1v) is 7.85. The van der Waals surface area contributed by atoms with E-state index in [0.29, 0.717) is 30.3 Å². The molecule has 0 aliphatic carbocycles. The molecule has 3 aromatic rings. The Labute approximate surface area is 139 Å². The standard InChI is InChI=1S/C17H18N6O/c18-11-13-10-12(3-4-14(13)19)16-20-17(22-6-8-24-9-7-22)15-2-1-5-23(15)21-16/h1-5,10-11,18H,6-9,19H2. The van der Waals surface area contributed by atoms with E-state index in [1.54, 1.807) is 6.07 Å². The van der Waals surface area contributed by atoms with Gasteiger partial charge in [0.1, 0.15) is 5.52 Å². The highest BCUT2D eigenvalue weighted by Gasteiger charge is 2.18. The van der Waals surface area contributed by atoms with Crippen molar-refractivity contribution in [2.45, 2.75) is 0 Å². The molecule has 4 rings (SSSR count). The summed E-state index contributed by atoms with van der Waals surface area (Å²) in [7, 11) is 0. The molecule has 1 saturated heterocycles. The molecular weight excluding hydrogens is 304 g/mol. The molecule has 0 radical (unpaired) electrons. The van der Waals surface area contributed by atoms with Crippen molar-refractivity contribution < 1.29 is 4.74 Å². The minimum Gasteiger partial charge on any atom is -0.398 e. The normalized spacial score (nSPS) is 14.9. The van der Waals surface area contributed by atoms with Gasteiger partial charge < -0.3 is 20.8 Å². The highest BCUT2D eigenvalue weighted by molar-refractivity contribution is 5.87. The smallest absolute Gasteiger partial charge is 0.182 e. The third-order valence-electron chi connectivity index (χ3n) is 4.18. The molecule has 0 atom stereocenters. The van der Waals surface area contributed by atoms with Gasteiger partial charge in [-0.1, -0.05) is 0 Å². The van der Waals surface area contributed by atoms with Gasteiger partial charge in [-0.3, -0.25) is 0 Å². The lowest BCUT2D eigenvalue weighted by molar-refractivity contribution is 0.122. The highest BCUT2D eigenvalue weighted by atomic mass is 16.5. The zero-order chi connectivity index (χ0) is 16.5. The van der Waals surface area contributed by atoms with Gasteiger partial charge in [0.25, 0.3) is 0 Å². The van der Waals surface area contributed by atoms with Crippen LogP contribution >= 0.6 is 0 Å². The fourth-order valence-corrected chi connectivity index (χ4v) is 2.89. The number of hydrogen-bond acceptors (Lipinski definition) is 6. The van der Waals surface area contributed by atoms with E-state index in [4.69, 9.17) is 20.9 Å². The predicted octanol–water partition coefficient (Wildman–Crippen LogP) is 1.81. The Hall–Kier alpha value is -2.93. The summed E-state index contributed by atoms with van der Waals surface area (Å²) >= 11 is 0. The largest absolute Gasteiger partial charge is 0.398 e. The maximum absolute atomic E-state index is 7.48. The number of aromatic nitrogens is 3. The van der Waals surface area contributed by atoms with Crippen molar-refractivity contribution in [2.24, 2.45) is 0 Å². The average Bonchev–Trinajstić information content (AvgIpc) is 3.10.